The molecule has 0 aliphatic heterocycles. The highest BCUT2D eigenvalue weighted by atomic mass is 16.3. The van der Waals surface area contributed by atoms with Crippen LogP contribution in [0.25, 0.3) is 21.9 Å². The maximum atomic E-state index is 6.08. The van der Waals surface area contributed by atoms with Crippen LogP contribution in [0.15, 0.2) is 63.6 Å². The van der Waals surface area contributed by atoms with Crippen molar-refractivity contribution in [3.8, 4) is 0 Å². The van der Waals surface area contributed by atoms with Gasteiger partial charge < -0.3 is 4.42 Å². The van der Waals surface area contributed by atoms with Crippen LogP contribution in [0.4, 0.5) is 0 Å². The third-order valence-corrected chi connectivity index (χ3v) is 3.78. The minimum atomic E-state index is 0.876. The molecule has 0 aliphatic rings. The first-order valence-electron chi connectivity index (χ1n) is 7.35. The SMILES string of the molecule is C/C=C(/C)N=C(CC)c1cccc2c1oc1ccccc12. The van der Waals surface area contributed by atoms with Crippen molar-refractivity contribution in [3.63, 3.8) is 0 Å². The van der Waals surface area contributed by atoms with Crippen molar-refractivity contribution in [2.24, 2.45) is 4.99 Å². The molecule has 21 heavy (non-hydrogen) atoms. The number of nitrogens with zero attached hydrogens (tertiary/aromatic N) is 1. The summed E-state index contributed by atoms with van der Waals surface area (Å²) in [5, 5.41) is 2.31. The van der Waals surface area contributed by atoms with Crippen molar-refractivity contribution >= 4 is 27.7 Å². The zero-order valence-corrected chi connectivity index (χ0v) is 12.7. The highest BCUT2D eigenvalue weighted by Crippen LogP contribution is 2.31. The number of rotatable bonds is 3. The van der Waals surface area contributed by atoms with Gasteiger partial charge in [-0.25, -0.2) is 0 Å². The lowest BCUT2D eigenvalue weighted by Crippen LogP contribution is -1.99. The van der Waals surface area contributed by atoms with E-state index in [-0.39, 0.29) is 0 Å². The molecule has 0 amide bonds. The molecule has 106 valence electrons. The summed E-state index contributed by atoms with van der Waals surface area (Å²) in [4.78, 5) is 4.72. The second-order valence-electron chi connectivity index (χ2n) is 5.12. The quantitative estimate of drug-likeness (QED) is 0.563. The number of fused-ring (bicyclic) bond motifs is 3. The van der Waals surface area contributed by atoms with E-state index in [1.807, 2.05) is 38.1 Å². The minimum absolute atomic E-state index is 0.876. The van der Waals surface area contributed by atoms with Crippen molar-refractivity contribution in [3.05, 3.63) is 59.8 Å². The molecule has 1 heterocycles. The molecule has 0 atom stereocenters. The van der Waals surface area contributed by atoms with Crippen molar-refractivity contribution in [2.75, 3.05) is 0 Å². The highest BCUT2D eigenvalue weighted by molar-refractivity contribution is 6.15. The molecule has 2 aromatic carbocycles. The van der Waals surface area contributed by atoms with Crippen LogP contribution >= 0.6 is 0 Å². The Balaban J connectivity index is 2.30. The maximum absolute atomic E-state index is 6.08. The Morgan fingerprint density at radius 1 is 1.10 bits per heavy atom. The van der Waals surface area contributed by atoms with E-state index in [0.29, 0.717) is 0 Å². The number of benzene rings is 2. The van der Waals surface area contributed by atoms with Crippen LogP contribution in [0.5, 0.6) is 0 Å². The molecule has 0 saturated heterocycles. The summed E-state index contributed by atoms with van der Waals surface area (Å²) in [6.07, 6.45) is 2.90. The van der Waals surface area contributed by atoms with Gasteiger partial charge in [0.25, 0.3) is 0 Å². The van der Waals surface area contributed by atoms with Gasteiger partial charge in [0.1, 0.15) is 11.2 Å². The predicted octanol–water partition coefficient (Wildman–Crippen LogP) is 5.71. The number of aliphatic imine (C=N–C) groups is 1. The second kappa shape index (κ2) is 5.57. The molecule has 0 fully saturated rings. The van der Waals surface area contributed by atoms with E-state index in [0.717, 1.165) is 45.3 Å². The fourth-order valence-electron chi connectivity index (χ4n) is 2.58. The van der Waals surface area contributed by atoms with E-state index in [2.05, 4.69) is 31.2 Å². The van der Waals surface area contributed by atoms with Gasteiger partial charge in [0.05, 0.1) is 5.71 Å². The molecule has 0 aliphatic carbocycles. The van der Waals surface area contributed by atoms with Crippen LogP contribution in [-0.4, -0.2) is 5.71 Å². The van der Waals surface area contributed by atoms with Gasteiger partial charge in [0.15, 0.2) is 0 Å². The summed E-state index contributed by atoms with van der Waals surface area (Å²) in [6.45, 7) is 6.16. The first-order valence-corrected chi connectivity index (χ1v) is 7.35. The van der Waals surface area contributed by atoms with Crippen LogP contribution in [0, 0.1) is 0 Å². The first-order chi connectivity index (χ1) is 10.2. The van der Waals surface area contributed by atoms with Crippen LogP contribution in [0.3, 0.4) is 0 Å². The van der Waals surface area contributed by atoms with Crippen molar-refractivity contribution in [2.45, 2.75) is 27.2 Å². The lowest BCUT2D eigenvalue weighted by molar-refractivity contribution is 0.668. The average Bonchev–Trinajstić information content (AvgIpc) is 2.91. The molecule has 0 unspecified atom stereocenters. The van der Waals surface area contributed by atoms with E-state index < -0.39 is 0 Å². The summed E-state index contributed by atoms with van der Waals surface area (Å²) >= 11 is 0. The monoisotopic (exact) mass is 277 g/mol. The molecular weight excluding hydrogens is 258 g/mol. The Morgan fingerprint density at radius 2 is 1.86 bits per heavy atom. The topological polar surface area (TPSA) is 25.5 Å². The lowest BCUT2D eigenvalue weighted by atomic mass is 10.0. The Morgan fingerprint density at radius 3 is 2.62 bits per heavy atom. The molecule has 0 bridgehead atoms. The van der Waals surface area contributed by atoms with Crippen LogP contribution in [0.1, 0.15) is 32.8 Å². The molecule has 0 radical (unpaired) electrons. The molecule has 0 spiro atoms. The Bertz CT molecular complexity index is 852. The molecule has 2 nitrogen and oxygen atoms in total. The molecule has 3 rings (SSSR count). The highest BCUT2D eigenvalue weighted by Gasteiger charge is 2.13. The average molecular weight is 277 g/mol. The number of hydrogen-bond acceptors (Lipinski definition) is 2. The third kappa shape index (κ3) is 2.38. The fraction of sp³-hybridized carbons (Fsp3) is 0.211. The largest absolute Gasteiger partial charge is 0.455 e. The van der Waals surface area contributed by atoms with Crippen LogP contribution in [0.2, 0.25) is 0 Å². The summed E-state index contributed by atoms with van der Waals surface area (Å²) in [6, 6.07) is 14.4. The first kappa shape index (κ1) is 13.6. The number of para-hydroxylation sites is 2. The summed E-state index contributed by atoms with van der Waals surface area (Å²) < 4.78 is 6.08. The molecule has 0 saturated carbocycles. The molecule has 0 N–H and O–H groups in total. The zero-order valence-electron chi connectivity index (χ0n) is 12.7. The number of allylic oxidation sites excluding steroid dienone is 2. The molecule has 3 aromatic rings. The van der Waals surface area contributed by atoms with E-state index in [4.69, 9.17) is 9.41 Å². The number of furan rings is 1. The van der Waals surface area contributed by atoms with Gasteiger partial charge >= 0.3 is 0 Å². The Hall–Kier alpha value is -2.35. The van der Waals surface area contributed by atoms with Gasteiger partial charge in [0.2, 0.25) is 0 Å². The standard InChI is InChI=1S/C19H19NO/c1-4-13(3)20-17(5-2)16-11-8-10-15-14-9-6-7-12-18(14)21-19(15)16/h4,6-12H,5H2,1-3H3/b13-4-,20-17?. The summed E-state index contributed by atoms with van der Waals surface area (Å²) in [5.41, 5.74) is 5.05. The zero-order chi connectivity index (χ0) is 14.8. The van der Waals surface area contributed by atoms with E-state index >= 15 is 0 Å². The van der Waals surface area contributed by atoms with Gasteiger partial charge in [-0.1, -0.05) is 43.3 Å². The molecule has 1 aromatic heterocycles. The van der Waals surface area contributed by atoms with Crippen LogP contribution in [-0.2, 0) is 0 Å². The van der Waals surface area contributed by atoms with E-state index in [1.165, 1.54) is 0 Å². The maximum Gasteiger partial charge on any atom is 0.144 e. The molecule has 2 heteroatoms. The fourth-order valence-corrected chi connectivity index (χ4v) is 2.58. The van der Waals surface area contributed by atoms with Gasteiger partial charge in [0, 0.05) is 22.0 Å². The summed E-state index contributed by atoms with van der Waals surface area (Å²) in [5.74, 6) is 0. The van der Waals surface area contributed by atoms with E-state index in [1.54, 1.807) is 0 Å². The lowest BCUT2D eigenvalue weighted by Gasteiger charge is -2.05. The van der Waals surface area contributed by atoms with Crippen LogP contribution < -0.4 is 0 Å². The normalized spacial score (nSPS) is 13.3. The minimum Gasteiger partial charge on any atom is -0.455 e. The van der Waals surface area contributed by atoms with Crippen molar-refractivity contribution in [1.82, 2.24) is 0 Å². The van der Waals surface area contributed by atoms with Crippen molar-refractivity contribution in [1.29, 1.82) is 0 Å². The summed E-state index contributed by atoms with van der Waals surface area (Å²) in [7, 11) is 0. The van der Waals surface area contributed by atoms with Gasteiger partial charge in [-0.2, -0.15) is 0 Å². The Kier molecular flexibility index (Phi) is 3.61. The van der Waals surface area contributed by atoms with Crippen molar-refractivity contribution < 1.29 is 4.42 Å². The Labute approximate surface area is 124 Å². The van der Waals surface area contributed by atoms with Gasteiger partial charge in [-0.05, 0) is 32.4 Å². The molecular formula is C19H19NO. The third-order valence-electron chi connectivity index (χ3n) is 3.78. The second-order valence-corrected chi connectivity index (χ2v) is 5.12. The number of hydrogen-bond donors (Lipinski definition) is 0. The van der Waals surface area contributed by atoms with E-state index in [9.17, 15) is 0 Å². The van der Waals surface area contributed by atoms with Gasteiger partial charge in [-0.3, -0.25) is 4.99 Å². The predicted molar refractivity (Wildman–Crippen MR) is 90.0 cm³/mol. The smallest absolute Gasteiger partial charge is 0.144 e. The van der Waals surface area contributed by atoms with Gasteiger partial charge in [-0.15, -0.1) is 0 Å².